The summed E-state index contributed by atoms with van der Waals surface area (Å²) in [5.41, 5.74) is 4.42. The number of nitrogens with one attached hydrogen (secondary N) is 2. The van der Waals surface area contributed by atoms with Crippen LogP contribution in [0.2, 0.25) is 0 Å². The number of aromatic nitrogens is 2. The van der Waals surface area contributed by atoms with Crippen LogP contribution in [0.1, 0.15) is 34.8 Å². The molecule has 1 amide bonds. The summed E-state index contributed by atoms with van der Waals surface area (Å²) in [6.45, 7) is 4.17. The zero-order valence-electron chi connectivity index (χ0n) is 15.8. The van der Waals surface area contributed by atoms with Gasteiger partial charge in [0.2, 0.25) is 11.0 Å². The average molecular weight is 411 g/mol. The van der Waals surface area contributed by atoms with Crippen molar-refractivity contribution in [1.82, 2.24) is 15.5 Å². The fourth-order valence-electron chi connectivity index (χ4n) is 2.82. The second-order valence-corrected chi connectivity index (χ2v) is 9.27. The summed E-state index contributed by atoms with van der Waals surface area (Å²) in [5, 5.41) is 15.4. The van der Waals surface area contributed by atoms with Crippen LogP contribution in [-0.2, 0) is 4.79 Å². The third kappa shape index (κ3) is 4.54. The molecule has 1 aliphatic rings. The van der Waals surface area contributed by atoms with Gasteiger partial charge >= 0.3 is 0 Å². The Balaban J connectivity index is 1.51. The summed E-state index contributed by atoms with van der Waals surface area (Å²) in [7, 11) is 0. The Morgan fingerprint density at radius 2 is 1.89 bits per heavy atom. The van der Waals surface area contributed by atoms with Gasteiger partial charge in [0.05, 0.1) is 0 Å². The maximum atomic E-state index is 12.8. The van der Waals surface area contributed by atoms with Gasteiger partial charge in [0.25, 0.3) is 0 Å². The second kappa shape index (κ2) is 8.32. The van der Waals surface area contributed by atoms with Gasteiger partial charge in [-0.15, -0.1) is 10.2 Å². The summed E-state index contributed by atoms with van der Waals surface area (Å²) in [4.78, 5) is 12.8. The molecule has 0 radical (unpaired) electrons. The number of hydrogen-bond acceptors (Lipinski definition) is 6. The molecule has 1 saturated carbocycles. The number of amides is 1. The highest BCUT2D eigenvalue weighted by atomic mass is 32.2. The van der Waals surface area contributed by atoms with Gasteiger partial charge in [0.15, 0.2) is 4.34 Å². The molecule has 0 aliphatic heterocycles. The van der Waals surface area contributed by atoms with Gasteiger partial charge in [-0.1, -0.05) is 65.6 Å². The molecular weight excluding hydrogens is 388 g/mol. The number of benzene rings is 2. The maximum Gasteiger partial charge on any atom is 0.238 e. The molecule has 0 saturated heterocycles. The Labute approximate surface area is 173 Å². The first-order valence-corrected chi connectivity index (χ1v) is 11.0. The van der Waals surface area contributed by atoms with Crippen molar-refractivity contribution in [3.8, 4) is 0 Å². The molecule has 1 heterocycles. The summed E-state index contributed by atoms with van der Waals surface area (Å²) in [5.74, 6) is 0.0398. The zero-order valence-corrected chi connectivity index (χ0v) is 17.4. The van der Waals surface area contributed by atoms with Crippen molar-refractivity contribution < 1.29 is 4.79 Å². The van der Waals surface area contributed by atoms with Crippen LogP contribution in [0.4, 0.5) is 10.8 Å². The van der Waals surface area contributed by atoms with E-state index in [0.717, 1.165) is 33.6 Å². The summed E-state index contributed by atoms with van der Waals surface area (Å²) in [6.07, 6.45) is 2.14. The molecule has 5 nitrogen and oxygen atoms in total. The van der Waals surface area contributed by atoms with E-state index in [-0.39, 0.29) is 11.2 Å². The van der Waals surface area contributed by atoms with E-state index in [2.05, 4.69) is 40.7 Å². The van der Waals surface area contributed by atoms with Crippen LogP contribution in [0.15, 0.2) is 52.9 Å². The molecule has 4 rings (SSSR count). The number of carbonyl (C=O) groups excluding carboxylic acids is 1. The van der Waals surface area contributed by atoms with Crippen LogP contribution in [0.5, 0.6) is 0 Å². The van der Waals surface area contributed by atoms with Crippen LogP contribution in [0.25, 0.3) is 0 Å². The first kappa shape index (κ1) is 19.0. The lowest BCUT2D eigenvalue weighted by atomic mass is 10.1. The highest BCUT2D eigenvalue weighted by Crippen LogP contribution is 2.39. The molecule has 28 heavy (non-hydrogen) atoms. The van der Waals surface area contributed by atoms with Crippen molar-refractivity contribution in [1.29, 1.82) is 0 Å². The molecule has 1 aromatic heterocycles. The zero-order chi connectivity index (χ0) is 19.5. The summed E-state index contributed by atoms with van der Waals surface area (Å²) in [6, 6.07) is 16.3. The third-order valence-electron chi connectivity index (χ3n) is 4.74. The van der Waals surface area contributed by atoms with Gasteiger partial charge in [0, 0.05) is 11.7 Å². The topological polar surface area (TPSA) is 66.9 Å². The predicted molar refractivity (Wildman–Crippen MR) is 115 cm³/mol. The number of thioether (sulfide) groups is 1. The minimum atomic E-state index is -0.330. The molecule has 1 aliphatic carbocycles. The molecule has 3 aromatic rings. The number of aryl methyl sites for hydroxylation is 1. The standard InChI is InChI=1S/C21H22N4OS2/c1-13-7-6-10-17(14(13)2)23-20-24-25-21(28-20)27-18(15-8-4-3-5-9-15)19(26)22-16-11-12-16/h3-10,16,18H,11-12H2,1-2H3,(H,22,26)(H,23,24)/t18-/m1/s1. The van der Waals surface area contributed by atoms with Crippen molar-refractivity contribution in [2.75, 3.05) is 5.32 Å². The van der Waals surface area contributed by atoms with Crippen LogP contribution < -0.4 is 10.6 Å². The van der Waals surface area contributed by atoms with E-state index in [1.54, 1.807) is 0 Å². The molecule has 0 bridgehead atoms. The maximum absolute atomic E-state index is 12.8. The van der Waals surface area contributed by atoms with E-state index >= 15 is 0 Å². The first-order chi connectivity index (χ1) is 13.6. The quantitative estimate of drug-likeness (QED) is 0.536. The molecule has 1 fully saturated rings. The normalized spacial score (nSPS) is 14.5. The Morgan fingerprint density at radius 3 is 2.64 bits per heavy atom. The number of rotatable bonds is 7. The van der Waals surface area contributed by atoms with Crippen molar-refractivity contribution >= 4 is 39.8 Å². The van der Waals surface area contributed by atoms with Crippen molar-refractivity contribution in [3.63, 3.8) is 0 Å². The molecule has 144 valence electrons. The Morgan fingerprint density at radius 1 is 1.11 bits per heavy atom. The van der Waals surface area contributed by atoms with E-state index in [1.165, 1.54) is 34.2 Å². The molecule has 0 spiro atoms. The highest BCUT2D eigenvalue weighted by molar-refractivity contribution is 8.01. The second-order valence-electron chi connectivity index (χ2n) is 6.94. The van der Waals surface area contributed by atoms with Crippen LogP contribution >= 0.6 is 23.1 Å². The number of hydrogen-bond donors (Lipinski definition) is 2. The first-order valence-electron chi connectivity index (χ1n) is 9.29. The Hall–Kier alpha value is -2.38. The minimum absolute atomic E-state index is 0.0398. The highest BCUT2D eigenvalue weighted by Gasteiger charge is 2.29. The van der Waals surface area contributed by atoms with Crippen LogP contribution in [0, 0.1) is 13.8 Å². The lowest BCUT2D eigenvalue weighted by Crippen LogP contribution is -2.29. The molecule has 1 atom stereocenters. The van der Waals surface area contributed by atoms with Crippen LogP contribution in [0.3, 0.4) is 0 Å². The van der Waals surface area contributed by atoms with Gasteiger partial charge in [-0.3, -0.25) is 4.79 Å². The van der Waals surface area contributed by atoms with E-state index in [1.807, 2.05) is 42.5 Å². The number of carbonyl (C=O) groups is 1. The fourth-order valence-corrected chi connectivity index (χ4v) is 4.78. The fraction of sp³-hybridized carbons (Fsp3) is 0.286. The van der Waals surface area contributed by atoms with E-state index in [0.29, 0.717) is 6.04 Å². The molecular formula is C21H22N4OS2. The smallest absolute Gasteiger partial charge is 0.238 e. The SMILES string of the molecule is Cc1cccc(Nc2nnc(S[C@@H](C(=O)NC3CC3)c3ccccc3)s2)c1C. The number of nitrogens with zero attached hydrogens (tertiary/aromatic N) is 2. The molecule has 7 heteroatoms. The summed E-state index contributed by atoms with van der Waals surface area (Å²) < 4.78 is 0.771. The monoisotopic (exact) mass is 410 g/mol. The lowest BCUT2D eigenvalue weighted by Gasteiger charge is -2.15. The molecule has 2 N–H and O–H groups in total. The van der Waals surface area contributed by atoms with E-state index in [4.69, 9.17) is 0 Å². The van der Waals surface area contributed by atoms with Gasteiger partial charge in [-0.05, 0) is 49.4 Å². The van der Waals surface area contributed by atoms with Crippen molar-refractivity contribution in [2.45, 2.75) is 42.3 Å². The largest absolute Gasteiger partial charge is 0.352 e. The van der Waals surface area contributed by atoms with Gasteiger partial charge in [-0.25, -0.2) is 0 Å². The van der Waals surface area contributed by atoms with E-state index in [9.17, 15) is 4.79 Å². The number of anilines is 2. The van der Waals surface area contributed by atoms with Gasteiger partial charge in [-0.2, -0.15) is 0 Å². The van der Waals surface area contributed by atoms with Gasteiger partial charge < -0.3 is 10.6 Å². The molecule has 2 aromatic carbocycles. The van der Waals surface area contributed by atoms with Crippen molar-refractivity contribution in [2.24, 2.45) is 0 Å². The Bertz CT molecular complexity index is 970. The average Bonchev–Trinajstić information content (AvgIpc) is 3.40. The summed E-state index contributed by atoms with van der Waals surface area (Å²) >= 11 is 2.92. The van der Waals surface area contributed by atoms with E-state index < -0.39 is 0 Å². The Kier molecular flexibility index (Phi) is 5.64. The predicted octanol–water partition coefficient (Wildman–Crippen LogP) is 5.01. The van der Waals surface area contributed by atoms with Gasteiger partial charge in [0.1, 0.15) is 5.25 Å². The molecule has 0 unspecified atom stereocenters. The van der Waals surface area contributed by atoms with Crippen LogP contribution in [-0.4, -0.2) is 22.1 Å². The van der Waals surface area contributed by atoms with Crippen molar-refractivity contribution in [3.05, 3.63) is 65.2 Å². The minimum Gasteiger partial charge on any atom is -0.352 e. The lowest BCUT2D eigenvalue weighted by molar-refractivity contribution is -0.120. The third-order valence-corrected chi connectivity index (χ3v) is 6.91.